The van der Waals surface area contributed by atoms with E-state index in [-0.39, 0.29) is 6.04 Å². The molecule has 1 fully saturated rings. The molecule has 5 nitrogen and oxygen atoms in total. The number of rotatable bonds is 6. The largest absolute Gasteiger partial charge is 0.310 e. The Kier molecular flexibility index (Phi) is 5.68. The van der Waals surface area contributed by atoms with Crippen molar-refractivity contribution in [2.24, 2.45) is 0 Å². The Balaban J connectivity index is 2.27. The Hall–Kier alpha value is -0.170. The van der Waals surface area contributed by atoms with Gasteiger partial charge in [-0.05, 0) is 26.2 Å². The molecule has 1 saturated heterocycles. The maximum atomic E-state index is 11.5. The van der Waals surface area contributed by atoms with E-state index >= 15 is 0 Å². The average molecular weight is 249 g/mol. The second-order valence-electron chi connectivity index (χ2n) is 4.44. The third-order valence-corrected chi connectivity index (χ3v) is 3.90. The molecule has 1 heterocycles. The van der Waals surface area contributed by atoms with Gasteiger partial charge in [0.25, 0.3) is 10.2 Å². The van der Waals surface area contributed by atoms with Gasteiger partial charge in [0.05, 0.1) is 0 Å². The van der Waals surface area contributed by atoms with Gasteiger partial charge in [-0.3, -0.25) is 0 Å². The van der Waals surface area contributed by atoms with E-state index in [1.165, 1.54) is 12.8 Å². The van der Waals surface area contributed by atoms with E-state index in [4.69, 9.17) is 0 Å². The summed E-state index contributed by atoms with van der Waals surface area (Å²) in [7, 11) is -3.30. The summed E-state index contributed by atoms with van der Waals surface area (Å²) in [4.78, 5) is 0. The molecule has 1 aliphatic heterocycles. The third-order valence-electron chi connectivity index (χ3n) is 2.77. The van der Waals surface area contributed by atoms with Crippen molar-refractivity contribution in [1.82, 2.24) is 14.8 Å². The normalized spacial score (nSPS) is 26.9. The van der Waals surface area contributed by atoms with Crippen LogP contribution in [-0.2, 0) is 10.2 Å². The van der Waals surface area contributed by atoms with Gasteiger partial charge < -0.3 is 5.32 Å². The number of hydrogen-bond acceptors (Lipinski definition) is 3. The van der Waals surface area contributed by atoms with Crippen molar-refractivity contribution >= 4 is 10.2 Å². The molecule has 1 aliphatic rings. The van der Waals surface area contributed by atoms with Crippen molar-refractivity contribution in [3.8, 4) is 0 Å². The molecule has 0 spiro atoms. The average Bonchev–Trinajstić information content (AvgIpc) is 2.24. The van der Waals surface area contributed by atoms with Crippen molar-refractivity contribution in [2.45, 2.75) is 51.6 Å². The van der Waals surface area contributed by atoms with Crippen LogP contribution in [0.25, 0.3) is 0 Å². The smallest absolute Gasteiger partial charge is 0.276 e. The van der Waals surface area contributed by atoms with Crippen LogP contribution < -0.4 is 14.8 Å². The lowest BCUT2D eigenvalue weighted by Crippen LogP contribution is -2.49. The molecule has 0 bridgehead atoms. The first kappa shape index (κ1) is 13.9. The van der Waals surface area contributed by atoms with Crippen molar-refractivity contribution in [3.63, 3.8) is 0 Å². The SMILES string of the molecule is CCCNS(=O)(=O)NCC1CCCC(C)N1. The molecule has 0 saturated carbocycles. The Labute approximate surface area is 98.6 Å². The zero-order chi connectivity index (χ0) is 12.0. The fraction of sp³-hybridized carbons (Fsp3) is 1.00. The van der Waals surface area contributed by atoms with Gasteiger partial charge in [-0.2, -0.15) is 8.42 Å². The molecule has 1 rings (SSSR count). The highest BCUT2D eigenvalue weighted by atomic mass is 32.2. The van der Waals surface area contributed by atoms with E-state index in [9.17, 15) is 8.42 Å². The predicted octanol–water partition coefficient (Wildman–Crippen LogP) is 0.351. The van der Waals surface area contributed by atoms with Crippen molar-refractivity contribution in [1.29, 1.82) is 0 Å². The van der Waals surface area contributed by atoms with Crippen LogP contribution in [0.2, 0.25) is 0 Å². The van der Waals surface area contributed by atoms with Gasteiger partial charge in [0, 0.05) is 25.2 Å². The summed E-state index contributed by atoms with van der Waals surface area (Å²) in [5.74, 6) is 0. The van der Waals surface area contributed by atoms with Crippen LogP contribution >= 0.6 is 0 Å². The van der Waals surface area contributed by atoms with Crippen LogP contribution in [0.5, 0.6) is 0 Å². The van der Waals surface area contributed by atoms with E-state index in [1.54, 1.807) is 0 Å². The van der Waals surface area contributed by atoms with Crippen LogP contribution in [0.3, 0.4) is 0 Å². The Morgan fingerprint density at radius 1 is 1.31 bits per heavy atom. The zero-order valence-electron chi connectivity index (χ0n) is 10.1. The van der Waals surface area contributed by atoms with E-state index in [1.807, 2.05) is 6.92 Å². The minimum Gasteiger partial charge on any atom is -0.310 e. The topological polar surface area (TPSA) is 70.2 Å². The Morgan fingerprint density at radius 2 is 2.06 bits per heavy atom. The number of piperidine rings is 1. The van der Waals surface area contributed by atoms with Crippen molar-refractivity contribution in [2.75, 3.05) is 13.1 Å². The summed E-state index contributed by atoms with van der Waals surface area (Å²) in [6.45, 7) is 5.04. The molecule has 0 aromatic heterocycles. The molecule has 16 heavy (non-hydrogen) atoms. The van der Waals surface area contributed by atoms with Crippen LogP contribution in [0.1, 0.15) is 39.5 Å². The molecule has 0 aromatic rings. The van der Waals surface area contributed by atoms with E-state index in [2.05, 4.69) is 21.7 Å². The summed E-state index contributed by atoms with van der Waals surface area (Å²) in [6, 6.07) is 0.758. The number of nitrogens with one attached hydrogen (secondary N) is 3. The van der Waals surface area contributed by atoms with Crippen LogP contribution in [0.15, 0.2) is 0 Å². The van der Waals surface area contributed by atoms with Crippen LogP contribution in [0.4, 0.5) is 0 Å². The highest BCUT2D eigenvalue weighted by Gasteiger charge is 2.19. The first-order chi connectivity index (χ1) is 7.53. The Bertz CT molecular complexity index is 292. The maximum Gasteiger partial charge on any atom is 0.276 e. The molecule has 96 valence electrons. The van der Waals surface area contributed by atoms with E-state index in [0.717, 1.165) is 12.8 Å². The predicted molar refractivity (Wildman–Crippen MR) is 65.5 cm³/mol. The molecule has 3 N–H and O–H groups in total. The molecule has 0 aromatic carbocycles. The van der Waals surface area contributed by atoms with Crippen LogP contribution in [0, 0.1) is 0 Å². The highest BCUT2D eigenvalue weighted by Crippen LogP contribution is 2.11. The lowest BCUT2D eigenvalue weighted by molar-refractivity contribution is 0.334. The molecule has 0 radical (unpaired) electrons. The molecule has 2 unspecified atom stereocenters. The van der Waals surface area contributed by atoms with Gasteiger partial charge in [-0.1, -0.05) is 13.3 Å². The van der Waals surface area contributed by atoms with Gasteiger partial charge in [0.2, 0.25) is 0 Å². The monoisotopic (exact) mass is 249 g/mol. The standard InChI is InChI=1S/C10H23N3O2S/c1-3-7-11-16(14,15)12-8-10-6-4-5-9(2)13-10/h9-13H,3-8H2,1-2H3. The lowest BCUT2D eigenvalue weighted by Gasteiger charge is -2.28. The minimum atomic E-state index is -3.30. The minimum absolute atomic E-state index is 0.266. The fourth-order valence-electron chi connectivity index (χ4n) is 1.90. The lowest BCUT2D eigenvalue weighted by atomic mass is 10.00. The van der Waals surface area contributed by atoms with Crippen LogP contribution in [-0.4, -0.2) is 33.6 Å². The van der Waals surface area contributed by atoms with Crippen molar-refractivity contribution in [3.05, 3.63) is 0 Å². The maximum absolute atomic E-state index is 11.5. The molecule has 6 heteroatoms. The van der Waals surface area contributed by atoms with Gasteiger partial charge in [-0.15, -0.1) is 0 Å². The van der Waals surface area contributed by atoms with Gasteiger partial charge in [-0.25, -0.2) is 9.44 Å². The first-order valence-electron chi connectivity index (χ1n) is 6.04. The number of hydrogen-bond donors (Lipinski definition) is 3. The summed E-state index contributed by atoms with van der Waals surface area (Å²) in [5.41, 5.74) is 0. The van der Waals surface area contributed by atoms with Crippen molar-refractivity contribution < 1.29 is 8.42 Å². The van der Waals surface area contributed by atoms with E-state index < -0.39 is 10.2 Å². The second-order valence-corrected chi connectivity index (χ2v) is 6.03. The highest BCUT2D eigenvalue weighted by molar-refractivity contribution is 7.87. The fourth-order valence-corrected chi connectivity index (χ4v) is 2.89. The first-order valence-corrected chi connectivity index (χ1v) is 7.52. The zero-order valence-corrected chi connectivity index (χ0v) is 10.9. The summed E-state index contributed by atoms with van der Waals surface area (Å²) >= 11 is 0. The molecule has 0 aliphatic carbocycles. The Morgan fingerprint density at radius 3 is 2.69 bits per heavy atom. The summed E-state index contributed by atoms with van der Waals surface area (Å²) in [6.07, 6.45) is 4.19. The molecular formula is C10H23N3O2S. The summed E-state index contributed by atoms with van der Waals surface area (Å²) < 4.78 is 28.0. The molecular weight excluding hydrogens is 226 g/mol. The molecule has 2 atom stereocenters. The van der Waals surface area contributed by atoms with E-state index in [0.29, 0.717) is 19.1 Å². The quantitative estimate of drug-likeness (QED) is 0.636. The van der Waals surface area contributed by atoms with Gasteiger partial charge >= 0.3 is 0 Å². The van der Waals surface area contributed by atoms with Gasteiger partial charge in [0.15, 0.2) is 0 Å². The van der Waals surface area contributed by atoms with Gasteiger partial charge in [0.1, 0.15) is 0 Å². The molecule has 0 amide bonds. The second kappa shape index (κ2) is 6.54. The summed E-state index contributed by atoms with van der Waals surface area (Å²) in [5, 5.41) is 3.39. The third kappa shape index (κ3) is 5.25.